The fourth-order valence-electron chi connectivity index (χ4n) is 3.38. The molecule has 32 heavy (non-hydrogen) atoms. The zero-order valence-electron chi connectivity index (χ0n) is 19.6. The molecule has 3 N–H and O–H groups in total. The second-order valence-corrected chi connectivity index (χ2v) is 8.03. The highest BCUT2D eigenvalue weighted by atomic mass is 16.7. The Bertz CT molecular complexity index is 571. The van der Waals surface area contributed by atoms with Crippen molar-refractivity contribution >= 4 is 5.97 Å². The van der Waals surface area contributed by atoms with Gasteiger partial charge < -0.3 is 29.5 Å². The first-order valence-corrected chi connectivity index (χ1v) is 11.8. The summed E-state index contributed by atoms with van der Waals surface area (Å²) in [4.78, 5) is 11.9. The number of hydrogen-bond donors (Lipinski definition) is 3. The average molecular weight is 455 g/mol. The number of methoxy groups -OCH3 is 1. The van der Waals surface area contributed by atoms with Crippen molar-refractivity contribution in [3.63, 3.8) is 0 Å². The molecular formula is C25H42O7. The van der Waals surface area contributed by atoms with E-state index in [0.29, 0.717) is 6.42 Å². The van der Waals surface area contributed by atoms with Crippen molar-refractivity contribution in [1.82, 2.24) is 0 Å². The molecule has 0 aromatic carbocycles. The molecule has 1 aliphatic heterocycles. The van der Waals surface area contributed by atoms with Crippen LogP contribution in [0.4, 0.5) is 0 Å². The molecule has 1 heterocycles. The number of aliphatic hydroxyl groups excluding tert-OH is 3. The number of carbonyl (C=O) groups excluding carboxylic acids is 1. The highest BCUT2D eigenvalue weighted by Crippen LogP contribution is 2.22. The lowest BCUT2D eigenvalue weighted by molar-refractivity contribution is -0.295. The minimum atomic E-state index is -1.42. The Balaban J connectivity index is 2.01. The molecule has 0 amide bonds. The first-order valence-electron chi connectivity index (χ1n) is 11.8. The Labute approximate surface area is 192 Å². The van der Waals surface area contributed by atoms with Gasteiger partial charge in [0, 0.05) is 13.5 Å². The highest BCUT2D eigenvalue weighted by molar-refractivity contribution is 5.69. The van der Waals surface area contributed by atoms with Gasteiger partial charge in [-0.15, -0.1) is 0 Å². The van der Waals surface area contributed by atoms with Crippen LogP contribution in [0.2, 0.25) is 0 Å². The van der Waals surface area contributed by atoms with Gasteiger partial charge in [-0.1, -0.05) is 62.6 Å². The van der Waals surface area contributed by atoms with Crippen LogP contribution in [-0.2, 0) is 19.0 Å². The largest absolute Gasteiger partial charge is 0.463 e. The first kappa shape index (κ1) is 28.5. The molecule has 0 radical (unpaired) electrons. The Hall–Kier alpha value is -1.51. The summed E-state index contributed by atoms with van der Waals surface area (Å²) in [5.41, 5.74) is 0. The molecule has 0 aromatic rings. The maximum Gasteiger partial charge on any atom is 0.305 e. The van der Waals surface area contributed by atoms with E-state index in [1.54, 1.807) is 0 Å². The molecule has 0 bridgehead atoms. The van der Waals surface area contributed by atoms with Gasteiger partial charge in [-0.05, 0) is 38.5 Å². The number of allylic oxidation sites excluding steroid dienone is 6. The predicted molar refractivity (Wildman–Crippen MR) is 124 cm³/mol. The van der Waals surface area contributed by atoms with Crippen molar-refractivity contribution in [2.45, 2.75) is 102 Å². The van der Waals surface area contributed by atoms with Crippen molar-refractivity contribution in [1.29, 1.82) is 0 Å². The van der Waals surface area contributed by atoms with Crippen LogP contribution in [0.15, 0.2) is 36.5 Å². The van der Waals surface area contributed by atoms with Gasteiger partial charge in [-0.3, -0.25) is 4.79 Å². The third kappa shape index (κ3) is 11.9. The van der Waals surface area contributed by atoms with Crippen LogP contribution >= 0.6 is 0 Å². The molecular weight excluding hydrogens is 412 g/mol. The summed E-state index contributed by atoms with van der Waals surface area (Å²) < 4.78 is 15.4. The molecule has 5 atom stereocenters. The van der Waals surface area contributed by atoms with E-state index in [1.807, 2.05) is 0 Å². The SMILES string of the molecule is CC/C=C\C/C=C\C/C=C\CCCCCCCC(=O)OC[C@H]1OC(OC)[C@H](O)[C@@H](O)[C@@H]1O. The van der Waals surface area contributed by atoms with Crippen LogP contribution in [-0.4, -0.2) is 65.7 Å². The Morgan fingerprint density at radius 1 is 0.844 bits per heavy atom. The van der Waals surface area contributed by atoms with Gasteiger partial charge in [-0.25, -0.2) is 0 Å². The summed E-state index contributed by atoms with van der Waals surface area (Å²) in [6.07, 6.45) is 16.6. The Morgan fingerprint density at radius 3 is 2.16 bits per heavy atom. The third-order valence-corrected chi connectivity index (χ3v) is 5.34. The van der Waals surface area contributed by atoms with Crippen LogP contribution in [0.1, 0.15) is 71.1 Å². The van der Waals surface area contributed by atoms with E-state index >= 15 is 0 Å². The lowest BCUT2D eigenvalue weighted by Crippen LogP contribution is -2.59. The predicted octanol–water partition coefficient (Wildman–Crippen LogP) is 3.57. The minimum Gasteiger partial charge on any atom is -0.463 e. The number of unbranched alkanes of at least 4 members (excludes halogenated alkanes) is 5. The topological polar surface area (TPSA) is 105 Å². The van der Waals surface area contributed by atoms with E-state index in [1.165, 1.54) is 7.11 Å². The zero-order chi connectivity index (χ0) is 23.6. The monoisotopic (exact) mass is 454 g/mol. The number of aliphatic hydroxyl groups is 3. The quantitative estimate of drug-likeness (QED) is 0.186. The van der Waals surface area contributed by atoms with Crippen molar-refractivity contribution in [3.8, 4) is 0 Å². The molecule has 0 saturated carbocycles. The first-order chi connectivity index (χ1) is 15.5. The smallest absolute Gasteiger partial charge is 0.305 e. The minimum absolute atomic E-state index is 0.194. The summed E-state index contributed by atoms with van der Waals surface area (Å²) in [6.45, 7) is 1.94. The molecule has 1 fully saturated rings. The zero-order valence-corrected chi connectivity index (χ0v) is 19.6. The summed E-state index contributed by atoms with van der Waals surface area (Å²) in [6, 6.07) is 0. The van der Waals surface area contributed by atoms with Gasteiger partial charge in [0.15, 0.2) is 6.29 Å². The molecule has 0 aromatic heterocycles. The second-order valence-electron chi connectivity index (χ2n) is 8.03. The van der Waals surface area contributed by atoms with Crippen molar-refractivity contribution < 1.29 is 34.3 Å². The van der Waals surface area contributed by atoms with Crippen LogP contribution in [0.25, 0.3) is 0 Å². The van der Waals surface area contributed by atoms with E-state index in [-0.39, 0.29) is 12.6 Å². The second kappa shape index (κ2) is 18.0. The normalized spacial score (nSPS) is 26.5. The molecule has 7 nitrogen and oxygen atoms in total. The fraction of sp³-hybridized carbons (Fsp3) is 0.720. The maximum absolute atomic E-state index is 11.9. The summed E-state index contributed by atoms with van der Waals surface area (Å²) in [5.74, 6) is -0.364. The number of rotatable bonds is 16. The number of esters is 1. The van der Waals surface area contributed by atoms with E-state index in [2.05, 4.69) is 43.4 Å². The molecule has 0 aliphatic carbocycles. The molecule has 1 unspecified atom stereocenters. The highest BCUT2D eigenvalue weighted by Gasteiger charge is 2.44. The van der Waals surface area contributed by atoms with Crippen molar-refractivity contribution in [2.75, 3.05) is 13.7 Å². The van der Waals surface area contributed by atoms with Gasteiger partial charge in [0.2, 0.25) is 0 Å². The third-order valence-electron chi connectivity index (χ3n) is 5.34. The van der Waals surface area contributed by atoms with Gasteiger partial charge in [0.25, 0.3) is 0 Å². The molecule has 7 heteroatoms. The van der Waals surface area contributed by atoms with E-state index < -0.39 is 30.7 Å². The lowest BCUT2D eigenvalue weighted by atomic mass is 9.99. The van der Waals surface area contributed by atoms with E-state index in [4.69, 9.17) is 14.2 Å². The van der Waals surface area contributed by atoms with Gasteiger partial charge in [0.1, 0.15) is 31.0 Å². The van der Waals surface area contributed by atoms with Crippen LogP contribution < -0.4 is 0 Å². The number of hydrogen-bond acceptors (Lipinski definition) is 7. The average Bonchev–Trinajstić information content (AvgIpc) is 2.79. The van der Waals surface area contributed by atoms with Crippen molar-refractivity contribution in [3.05, 3.63) is 36.5 Å². The molecule has 1 rings (SSSR count). The summed E-state index contributed by atoms with van der Waals surface area (Å²) >= 11 is 0. The standard InChI is InChI=1S/C25H42O7/c1-3-4-5-6-7-8-9-10-11-12-13-14-15-16-17-18-21(26)31-19-20-22(27)23(28)24(29)25(30-2)32-20/h4-5,7-8,10-11,20,22-25,27-29H,3,6,9,12-19H2,1-2H3/b5-4-,8-7-,11-10-/t20-,22-,23+,24-,25?/m1/s1. The Kier molecular flexibility index (Phi) is 16.0. The van der Waals surface area contributed by atoms with Crippen LogP contribution in [0.5, 0.6) is 0 Å². The van der Waals surface area contributed by atoms with Gasteiger partial charge >= 0.3 is 5.97 Å². The molecule has 0 spiro atoms. The van der Waals surface area contributed by atoms with E-state index in [9.17, 15) is 20.1 Å². The van der Waals surface area contributed by atoms with E-state index in [0.717, 1.165) is 57.8 Å². The van der Waals surface area contributed by atoms with Crippen molar-refractivity contribution in [2.24, 2.45) is 0 Å². The Morgan fingerprint density at radius 2 is 1.47 bits per heavy atom. The van der Waals surface area contributed by atoms with Gasteiger partial charge in [0.05, 0.1) is 0 Å². The summed E-state index contributed by atoms with van der Waals surface area (Å²) in [5, 5.41) is 29.5. The lowest BCUT2D eigenvalue weighted by Gasteiger charge is -2.39. The van der Waals surface area contributed by atoms with Crippen LogP contribution in [0.3, 0.4) is 0 Å². The maximum atomic E-state index is 11.9. The number of carbonyl (C=O) groups is 1. The number of ether oxygens (including phenoxy) is 3. The molecule has 184 valence electrons. The summed E-state index contributed by atoms with van der Waals surface area (Å²) in [7, 11) is 1.32. The van der Waals surface area contributed by atoms with Crippen LogP contribution in [0, 0.1) is 0 Å². The molecule has 1 saturated heterocycles. The van der Waals surface area contributed by atoms with Gasteiger partial charge in [-0.2, -0.15) is 0 Å². The molecule has 1 aliphatic rings. The fourth-order valence-corrected chi connectivity index (χ4v) is 3.38.